The number of aromatic nitrogens is 2. The molecule has 0 radical (unpaired) electrons. The highest BCUT2D eigenvalue weighted by molar-refractivity contribution is 6.04. The molecule has 4 aromatic rings. The molecule has 0 bridgehead atoms. The Kier molecular flexibility index (Phi) is 7.20. The minimum Gasteiger partial charge on any atom is -0.451 e. The first-order valence-corrected chi connectivity index (χ1v) is 11.2. The van der Waals surface area contributed by atoms with Crippen molar-refractivity contribution in [2.45, 2.75) is 20.4 Å². The summed E-state index contributed by atoms with van der Waals surface area (Å²) >= 11 is 0. The maximum Gasteiger partial charge on any atom is 0.359 e. The second-order valence-corrected chi connectivity index (χ2v) is 8.22. The molecule has 0 saturated heterocycles. The van der Waals surface area contributed by atoms with Gasteiger partial charge in [0.05, 0.1) is 11.9 Å². The Bertz CT molecular complexity index is 1510. The summed E-state index contributed by atoms with van der Waals surface area (Å²) in [7, 11) is 0. The van der Waals surface area contributed by atoms with E-state index in [1.807, 2.05) is 50.2 Å². The van der Waals surface area contributed by atoms with Gasteiger partial charge in [-0.3, -0.25) is 14.9 Å². The summed E-state index contributed by atoms with van der Waals surface area (Å²) in [6.45, 7) is 3.31. The zero-order valence-corrected chi connectivity index (χ0v) is 19.8. The lowest BCUT2D eigenvalue weighted by Gasteiger charge is -2.11. The van der Waals surface area contributed by atoms with E-state index in [2.05, 4.69) is 15.7 Å². The smallest absolute Gasteiger partial charge is 0.359 e. The van der Waals surface area contributed by atoms with Gasteiger partial charge in [0.25, 0.3) is 11.5 Å². The minimum atomic E-state index is -0.891. The Balaban J connectivity index is 1.46. The van der Waals surface area contributed by atoms with Gasteiger partial charge in [0.2, 0.25) is 0 Å². The fourth-order valence-corrected chi connectivity index (χ4v) is 3.59. The Morgan fingerprint density at radius 1 is 0.889 bits per heavy atom. The molecule has 1 heterocycles. The van der Waals surface area contributed by atoms with E-state index in [1.165, 1.54) is 4.68 Å². The van der Waals surface area contributed by atoms with Crippen molar-refractivity contribution in [1.29, 1.82) is 0 Å². The Morgan fingerprint density at radius 2 is 1.58 bits per heavy atom. The summed E-state index contributed by atoms with van der Waals surface area (Å²) in [5, 5.41) is 9.51. The largest absolute Gasteiger partial charge is 0.451 e. The number of rotatable bonds is 6. The van der Waals surface area contributed by atoms with E-state index in [-0.39, 0.29) is 17.8 Å². The molecule has 9 nitrogen and oxygen atoms in total. The first-order chi connectivity index (χ1) is 17.3. The Labute approximate surface area is 206 Å². The number of benzene rings is 3. The highest BCUT2D eigenvalue weighted by Gasteiger charge is 2.20. The maximum atomic E-state index is 12.9. The van der Waals surface area contributed by atoms with Crippen LogP contribution in [0.4, 0.5) is 10.5 Å². The molecule has 36 heavy (non-hydrogen) atoms. The Morgan fingerprint density at radius 3 is 2.31 bits per heavy atom. The van der Waals surface area contributed by atoms with Gasteiger partial charge in [0, 0.05) is 11.1 Å². The molecule has 3 aromatic carbocycles. The quantitative estimate of drug-likeness (QED) is 0.404. The molecular formula is C27H24N4O5. The number of hydrogen-bond acceptors (Lipinski definition) is 6. The van der Waals surface area contributed by atoms with Crippen LogP contribution in [-0.4, -0.2) is 34.3 Å². The molecule has 0 fully saturated rings. The van der Waals surface area contributed by atoms with Crippen molar-refractivity contribution in [1.82, 2.24) is 15.1 Å². The monoisotopic (exact) mass is 484 g/mol. The molecule has 0 aliphatic carbocycles. The summed E-state index contributed by atoms with van der Waals surface area (Å²) in [5.41, 5.74) is 2.95. The maximum absolute atomic E-state index is 12.9. The van der Waals surface area contributed by atoms with E-state index in [9.17, 15) is 19.2 Å². The topological polar surface area (TPSA) is 119 Å². The van der Waals surface area contributed by atoms with Gasteiger partial charge in [0.1, 0.15) is 0 Å². The standard InChI is InChI=1S/C27H24N4O5/c1-17-12-13-20(14-18(17)2)28-27(35)29-23(32)16-36-26(34)24-21-10-6-7-11-22(21)25(33)31(30-24)15-19-8-4-3-5-9-19/h3-14H,15-16H2,1-2H3,(H2,28,29,32,35). The number of carbonyl (C=O) groups excluding carboxylic acids is 3. The van der Waals surface area contributed by atoms with Crippen LogP contribution in [0.25, 0.3) is 10.8 Å². The van der Waals surface area contributed by atoms with Crippen molar-refractivity contribution >= 4 is 34.4 Å². The third-order valence-electron chi connectivity index (χ3n) is 5.59. The van der Waals surface area contributed by atoms with Crippen LogP contribution in [0.3, 0.4) is 0 Å². The van der Waals surface area contributed by atoms with Gasteiger partial charge in [-0.25, -0.2) is 14.3 Å². The number of amides is 3. The van der Waals surface area contributed by atoms with Gasteiger partial charge in [-0.15, -0.1) is 0 Å². The van der Waals surface area contributed by atoms with Crippen LogP contribution in [0.15, 0.2) is 77.6 Å². The molecule has 9 heteroatoms. The van der Waals surface area contributed by atoms with Crippen LogP contribution >= 0.6 is 0 Å². The van der Waals surface area contributed by atoms with Crippen LogP contribution in [0.5, 0.6) is 0 Å². The lowest BCUT2D eigenvalue weighted by molar-refractivity contribution is -0.123. The molecule has 182 valence electrons. The van der Waals surface area contributed by atoms with Crippen LogP contribution < -0.4 is 16.2 Å². The van der Waals surface area contributed by atoms with Gasteiger partial charge in [-0.1, -0.05) is 54.6 Å². The number of urea groups is 1. The van der Waals surface area contributed by atoms with E-state index in [0.29, 0.717) is 16.5 Å². The number of esters is 1. The average molecular weight is 485 g/mol. The van der Waals surface area contributed by atoms with Crippen LogP contribution in [0.2, 0.25) is 0 Å². The second kappa shape index (κ2) is 10.6. The summed E-state index contributed by atoms with van der Waals surface area (Å²) in [6, 6.07) is 20.4. The number of fused-ring (bicyclic) bond motifs is 1. The summed E-state index contributed by atoms with van der Waals surface area (Å²) in [4.78, 5) is 50.1. The molecule has 2 N–H and O–H groups in total. The van der Waals surface area contributed by atoms with Crippen LogP contribution in [0.1, 0.15) is 27.2 Å². The van der Waals surface area contributed by atoms with Crippen LogP contribution in [-0.2, 0) is 16.1 Å². The Hall–Kier alpha value is -4.79. The second-order valence-electron chi connectivity index (χ2n) is 8.22. The fraction of sp³-hybridized carbons (Fsp3) is 0.148. The normalized spacial score (nSPS) is 10.6. The first-order valence-electron chi connectivity index (χ1n) is 11.2. The van der Waals surface area contributed by atoms with Gasteiger partial charge < -0.3 is 10.1 Å². The van der Waals surface area contributed by atoms with E-state index in [4.69, 9.17) is 4.74 Å². The molecule has 0 aliphatic heterocycles. The van der Waals surface area contributed by atoms with Crippen molar-refractivity contribution in [3.8, 4) is 0 Å². The SMILES string of the molecule is Cc1ccc(NC(=O)NC(=O)COC(=O)c2nn(Cc3ccccc3)c(=O)c3ccccc23)cc1C. The van der Waals surface area contributed by atoms with E-state index < -0.39 is 24.5 Å². The van der Waals surface area contributed by atoms with Crippen molar-refractivity contribution in [2.75, 3.05) is 11.9 Å². The van der Waals surface area contributed by atoms with E-state index >= 15 is 0 Å². The zero-order chi connectivity index (χ0) is 25.7. The number of nitrogens with one attached hydrogen (secondary N) is 2. The lowest BCUT2D eigenvalue weighted by atomic mass is 10.1. The number of nitrogens with zero attached hydrogens (tertiary/aromatic N) is 2. The number of anilines is 1. The van der Waals surface area contributed by atoms with Crippen molar-refractivity contribution in [3.63, 3.8) is 0 Å². The summed E-state index contributed by atoms with van der Waals surface area (Å²) < 4.78 is 6.31. The average Bonchev–Trinajstić information content (AvgIpc) is 2.87. The van der Waals surface area contributed by atoms with Crippen LogP contribution in [0, 0.1) is 13.8 Å². The number of imide groups is 1. The molecule has 0 spiro atoms. The van der Waals surface area contributed by atoms with Gasteiger partial charge in [0.15, 0.2) is 12.3 Å². The number of ether oxygens (including phenoxy) is 1. The van der Waals surface area contributed by atoms with Crippen molar-refractivity contribution < 1.29 is 19.1 Å². The molecule has 0 unspecified atom stereocenters. The molecule has 0 aliphatic rings. The molecule has 1 aromatic heterocycles. The van der Waals surface area contributed by atoms with Crippen molar-refractivity contribution in [3.05, 3.63) is 106 Å². The van der Waals surface area contributed by atoms with Gasteiger partial charge in [-0.05, 0) is 48.7 Å². The zero-order valence-electron chi connectivity index (χ0n) is 19.8. The molecule has 0 atom stereocenters. The number of aryl methyl sites for hydroxylation is 2. The van der Waals surface area contributed by atoms with E-state index in [1.54, 1.807) is 36.4 Å². The predicted octanol–water partition coefficient (Wildman–Crippen LogP) is 3.57. The third-order valence-corrected chi connectivity index (χ3v) is 5.59. The number of hydrogen-bond donors (Lipinski definition) is 2. The first kappa shape index (κ1) is 24.3. The molecule has 4 rings (SSSR count). The minimum absolute atomic E-state index is 0.103. The highest BCUT2D eigenvalue weighted by Crippen LogP contribution is 2.16. The van der Waals surface area contributed by atoms with E-state index in [0.717, 1.165) is 16.7 Å². The van der Waals surface area contributed by atoms with Gasteiger partial charge in [-0.2, -0.15) is 5.10 Å². The number of carbonyl (C=O) groups is 3. The predicted molar refractivity (Wildman–Crippen MR) is 135 cm³/mol. The molecular weight excluding hydrogens is 460 g/mol. The lowest BCUT2D eigenvalue weighted by Crippen LogP contribution is -2.37. The molecule has 0 saturated carbocycles. The third kappa shape index (κ3) is 5.64. The van der Waals surface area contributed by atoms with Crippen molar-refractivity contribution in [2.24, 2.45) is 0 Å². The highest BCUT2D eigenvalue weighted by atomic mass is 16.5. The summed E-state index contributed by atoms with van der Waals surface area (Å²) in [6.07, 6.45) is 0. The fourth-order valence-electron chi connectivity index (χ4n) is 3.59. The molecule has 3 amide bonds. The summed E-state index contributed by atoms with van der Waals surface area (Å²) in [5.74, 6) is -1.70. The van der Waals surface area contributed by atoms with Gasteiger partial charge >= 0.3 is 12.0 Å².